The Morgan fingerprint density at radius 3 is 2.93 bits per heavy atom. The first-order valence-corrected chi connectivity index (χ1v) is 5.12. The molecule has 2 rings (SSSR count). The van der Waals surface area contributed by atoms with Crippen LogP contribution >= 0.6 is 0 Å². The van der Waals surface area contributed by atoms with Crippen LogP contribution in [0.25, 0.3) is 0 Å². The zero-order chi connectivity index (χ0) is 10.8. The van der Waals surface area contributed by atoms with Crippen LogP contribution in [0.5, 0.6) is 0 Å². The van der Waals surface area contributed by atoms with Crippen LogP contribution in [-0.2, 0) is 0 Å². The number of carbonyl (C=O) groups is 1. The molecular weight excluding hydrogens is 196 g/mol. The van der Waals surface area contributed by atoms with E-state index in [1.165, 1.54) is 19.3 Å². The van der Waals surface area contributed by atoms with Gasteiger partial charge in [0.05, 0.1) is 0 Å². The van der Waals surface area contributed by atoms with Crippen molar-refractivity contribution < 1.29 is 14.3 Å². The van der Waals surface area contributed by atoms with Crippen LogP contribution < -0.4 is 5.32 Å². The predicted octanol–water partition coefficient (Wildman–Crippen LogP) is 1.97. The van der Waals surface area contributed by atoms with Gasteiger partial charge in [-0.3, -0.25) is 0 Å². The average molecular weight is 210 g/mol. The first-order valence-electron chi connectivity index (χ1n) is 5.12. The Morgan fingerprint density at radius 2 is 2.47 bits per heavy atom. The number of aromatic nitrogens is 1. The minimum absolute atomic E-state index is 0.0571. The summed E-state index contributed by atoms with van der Waals surface area (Å²) in [5, 5.41) is 11.7. The van der Waals surface area contributed by atoms with E-state index >= 15 is 0 Å². The van der Waals surface area contributed by atoms with E-state index in [1.54, 1.807) is 0 Å². The largest absolute Gasteiger partial charge is 0.476 e. The molecule has 15 heavy (non-hydrogen) atoms. The number of nitrogens with one attached hydrogen (secondary N) is 1. The summed E-state index contributed by atoms with van der Waals surface area (Å²) in [4.78, 5) is 14.4. The molecular formula is C10H14N2O3. The van der Waals surface area contributed by atoms with Crippen molar-refractivity contribution in [2.45, 2.75) is 32.2 Å². The summed E-state index contributed by atoms with van der Waals surface area (Å²) in [6, 6.07) is 0.589. The standard InChI is InChI=1S/C10H14N2O3/c1-6(7-3-2-4-7)11-10-12-8(5-15-10)9(13)14/h5-7H,2-4H2,1H3,(H,11,12)(H,13,14). The molecule has 0 amide bonds. The lowest BCUT2D eigenvalue weighted by molar-refractivity contribution is 0.0690. The molecule has 1 saturated carbocycles. The monoisotopic (exact) mass is 210 g/mol. The zero-order valence-electron chi connectivity index (χ0n) is 8.56. The molecule has 5 nitrogen and oxygen atoms in total. The van der Waals surface area contributed by atoms with Gasteiger partial charge in [0.15, 0.2) is 5.69 Å². The van der Waals surface area contributed by atoms with Gasteiger partial charge in [-0.25, -0.2) is 4.79 Å². The Labute approximate surface area is 87.5 Å². The van der Waals surface area contributed by atoms with E-state index in [2.05, 4.69) is 17.2 Å². The Balaban J connectivity index is 1.94. The summed E-state index contributed by atoms with van der Waals surface area (Å²) >= 11 is 0. The van der Waals surface area contributed by atoms with Gasteiger partial charge in [0, 0.05) is 6.04 Å². The fourth-order valence-corrected chi connectivity index (χ4v) is 1.69. The van der Waals surface area contributed by atoms with Gasteiger partial charge in [0.2, 0.25) is 0 Å². The van der Waals surface area contributed by atoms with E-state index in [0.717, 1.165) is 6.26 Å². The SMILES string of the molecule is CC(Nc1nc(C(=O)O)co1)C1CCC1. The molecule has 82 valence electrons. The lowest BCUT2D eigenvalue weighted by atomic mass is 9.80. The van der Waals surface area contributed by atoms with Gasteiger partial charge in [0.1, 0.15) is 6.26 Å². The highest BCUT2D eigenvalue weighted by molar-refractivity contribution is 5.85. The van der Waals surface area contributed by atoms with Crippen molar-refractivity contribution in [2.75, 3.05) is 5.32 Å². The molecule has 0 spiro atoms. The number of anilines is 1. The van der Waals surface area contributed by atoms with Crippen molar-refractivity contribution in [3.63, 3.8) is 0 Å². The molecule has 1 unspecified atom stereocenters. The van der Waals surface area contributed by atoms with Gasteiger partial charge in [0.25, 0.3) is 6.01 Å². The third-order valence-corrected chi connectivity index (χ3v) is 2.93. The van der Waals surface area contributed by atoms with Crippen LogP contribution in [0.3, 0.4) is 0 Å². The Kier molecular flexibility index (Phi) is 2.62. The minimum Gasteiger partial charge on any atom is -0.476 e. The molecule has 0 aliphatic heterocycles. The molecule has 0 bridgehead atoms. The number of rotatable bonds is 4. The van der Waals surface area contributed by atoms with Gasteiger partial charge in [-0.2, -0.15) is 4.98 Å². The van der Waals surface area contributed by atoms with Crippen molar-refractivity contribution in [1.29, 1.82) is 0 Å². The maximum absolute atomic E-state index is 10.6. The van der Waals surface area contributed by atoms with Crippen molar-refractivity contribution in [3.05, 3.63) is 12.0 Å². The maximum atomic E-state index is 10.6. The predicted molar refractivity (Wildman–Crippen MR) is 53.9 cm³/mol. The lowest BCUT2D eigenvalue weighted by Crippen LogP contribution is -2.30. The maximum Gasteiger partial charge on any atom is 0.357 e. The normalized spacial score (nSPS) is 18.2. The van der Waals surface area contributed by atoms with Crippen molar-refractivity contribution in [2.24, 2.45) is 5.92 Å². The van der Waals surface area contributed by atoms with E-state index in [4.69, 9.17) is 9.52 Å². The third-order valence-electron chi connectivity index (χ3n) is 2.93. The summed E-state index contributed by atoms with van der Waals surface area (Å²) in [7, 11) is 0. The number of carboxylic acid groups (broad SMARTS) is 1. The van der Waals surface area contributed by atoms with E-state index < -0.39 is 5.97 Å². The third kappa shape index (κ3) is 2.11. The molecule has 1 fully saturated rings. The number of carboxylic acids is 1. The highest BCUT2D eigenvalue weighted by Gasteiger charge is 2.25. The molecule has 1 aliphatic carbocycles. The van der Waals surface area contributed by atoms with Crippen LogP contribution in [0.15, 0.2) is 10.7 Å². The van der Waals surface area contributed by atoms with Crippen molar-refractivity contribution in [3.8, 4) is 0 Å². The van der Waals surface area contributed by atoms with Crippen LogP contribution in [0.1, 0.15) is 36.7 Å². The molecule has 2 N–H and O–H groups in total. The first kappa shape index (κ1) is 10.0. The number of nitrogens with zero attached hydrogens (tertiary/aromatic N) is 1. The number of hydrogen-bond donors (Lipinski definition) is 2. The van der Waals surface area contributed by atoms with Crippen LogP contribution in [0.4, 0.5) is 6.01 Å². The molecule has 1 atom stereocenters. The Hall–Kier alpha value is -1.52. The molecule has 1 aromatic heterocycles. The highest BCUT2D eigenvalue weighted by atomic mass is 16.4. The summed E-state index contributed by atoms with van der Waals surface area (Å²) in [5.74, 6) is -0.409. The first-order chi connectivity index (χ1) is 7.16. The second kappa shape index (κ2) is 3.92. The van der Waals surface area contributed by atoms with Gasteiger partial charge >= 0.3 is 5.97 Å². The summed E-state index contributed by atoms with van der Waals surface area (Å²) in [6.07, 6.45) is 4.88. The molecule has 5 heteroatoms. The molecule has 1 aliphatic rings. The summed E-state index contributed by atoms with van der Waals surface area (Å²) in [6.45, 7) is 2.06. The molecule has 0 aromatic carbocycles. The van der Waals surface area contributed by atoms with E-state index in [-0.39, 0.29) is 5.69 Å². The molecule has 1 heterocycles. The van der Waals surface area contributed by atoms with Gasteiger partial charge in [-0.1, -0.05) is 6.42 Å². The van der Waals surface area contributed by atoms with Crippen molar-refractivity contribution >= 4 is 12.0 Å². The quantitative estimate of drug-likeness (QED) is 0.794. The smallest absolute Gasteiger partial charge is 0.357 e. The van der Waals surface area contributed by atoms with E-state index in [9.17, 15) is 4.79 Å². The average Bonchev–Trinajstić information content (AvgIpc) is 2.48. The van der Waals surface area contributed by atoms with Crippen molar-refractivity contribution in [1.82, 2.24) is 4.98 Å². The van der Waals surface area contributed by atoms with E-state index in [1.807, 2.05) is 0 Å². The van der Waals surface area contributed by atoms with Crippen LogP contribution in [0.2, 0.25) is 0 Å². The van der Waals surface area contributed by atoms with Gasteiger partial charge in [-0.05, 0) is 25.7 Å². The number of aromatic carboxylic acids is 1. The van der Waals surface area contributed by atoms with Crippen LogP contribution in [0, 0.1) is 5.92 Å². The summed E-state index contributed by atoms with van der Waals surface area (Å²) < 4.78 is 5.01. The fraction of sp³-hybridized carbons (Fsp3) is 0.600. The molecule has 1 aromatic rings. The zero-order valence-corrected chi connectivity index (χ0v) is 8.56. The second-order valence-electron chi connectivity index (χ2n) is 3.97. The Morgan fingerprint density at radius 1 is 1.73 bits per heavy atom. The number of hydrogen-bond acceptors (Lipinski definition) is 4. The highest BCUT2D eigenvalue weighted by Crippen LogP contribution is 2.30. The second-order valence-corrected chi connectivity index (χ2v) is 3.97. The summed E-state index contributed by atoms with van der Waals surface area (Å²) in [5.41, 5.74) is -0.0571. The minimum atomic E-state index is -1.07. The molecule has 0 radical (unpaired) electrons. The lowest BCUT2D eigenvalue weighted by Gasteiger charge is -2.31. The van der Waals surface area contributed by atoms with Gasteiger partial charge < -0.3 is 14.8 Å². The number of oxazole rings is 1. The molecule has 0 saturated heterocycles. The fourth-order valence-electron chi connectivity index (χ4n) is 1.69. The van der Waals surface area contributed by atoms with Crippen LogP contribution in [-0.4, -0.2) is 22.1 Å². The van der Waals surface area contributed by atoms with E-state index in [0.29, 0.717) is 18.0 Å². The van der Waals surface area contributed by atoms with Gasteiger partial charge in [-0.15, -0.1) is 0 Å². The topological polar surface area (TPSA) is 75.4 Å². The Bertz CT molecular complexity index is 357.